The summed E-state index contributed by atoms with van der Waals surface area (Å²) in [4.78, 5) is 25.2. The Morgan fingerprint density at radius 2 is 2.21 bits per heavy atom. The quantitative estimate of drug-likeness (QED) is 0.779. The first-order valence-electron chi connectivity index (χ1n) is 5.72. The van der Waals surface area contributed by atoms with E-state index in [1.165, 1.54) is 16.2 Å². The fourth-order valence-electron chi connectivity index (χ4n) is 1.31. The third-order valence-corrected chi connectivity index (χ3v) is 3.21. The lowest BCUT2D eigenvalue weighted by Crippen LogP contribution is -2.30. The lowest BCUT2D eigenvalue weighted by Gasteiger charge is -2.10. The molecule has 19 heavy (non-hydrogen) atoms. The van der Waals surface area contributed by atoms with Crippen molar-refractivity contribution in [2.75, 3.05) is 27.2 Å². The molecule has 1 aromatic heterocycles. The van der Waals surface area contributed by atoms with Crippen molar-refractivity contribution in [3.8, 4) is 11.8 Å². The third-order valence-electron chi connectivity index (χ3n) is 2.30. The minimum absolute atomic E-state index is 0.0354. The molecule has 0 saturated carbocycles. The Morgan fingerprint density at radius 1 is 1.47 bits per heavy atom. The van der Waals surface area contributed by atoms with Crippen LogP contribution < -0.4 is 5.32 Å². The molecule has 0 saturated heterocycles. The molecule has 1 heterocycles. The number of nitrogens with one attached hydrogen (secondary N) is 1. The molecule has 0 fully saturated rings. The van der Waals surface area contributed by atoms with E-state index in [0.29, 0.717) is 17.0 Å². The van der Waals surface area contributed by atoms with Crippen LogP contribution in [0.5, 0.6) is 0 Å². The second-order valence-corrected chi connectivity index (χ2v) is 4.83. The highest BCUT2D eigenvalue weighted by Crippen LogP contribution is 2.15. The summed E-state index contributed by atoms with van der Waals surface area (Å²) < 4.78 is 0. The molecule has 5 nitrogen and oxygen atoms in total. The molecule has 2 amide bonds. The first-order chi connectivity index (χ1) is 9.06. The molecular weight excluding hydrogens is 264 g/mol. The number of carbonyl (C=O) groups excluding carboxylic acids is 2. The van der Waals surface area contributed by atoms with Gasteiger partial charge >= 0.3 is 0 Å². The van der Waals surface area contributed by atoms with Crippen molar-refractivity contribution in [3.63, 3.8) is 0 Å². The van der Waals surface area contributed by atoms with Gasteiger partial charge in [0.2, 0.25) is 5.91 Å². The molecule has 0 bridgehead atoms. The second-order valence-electron chi connectivity index (χ2n) is 3.92. The van der Waals surface area contributed by atoms with Crippen LogP contribution in [-0.4, -0.2) is 49.1 Å². The molecule has 0 atom stereocenters. The van der Waals surface area contributed by atoms with Crippen molar-refractivity contribution < 1.29 is 14.7 Å². The van der Waals surface area contributed by atoms with E-state index in [0.717, 1.165) is 0 Å². The summed E-state index contributed by atoms with van der Waals surface area (Å²) in [5.74, 6) is 4.94. The van der Waals surface area contributed by atoms with Gasteiger partial charge in [0.25, 0.3) is 5.91 Å². The van der Waals surface area contributed by atoms with E-state index in [1.54, 1.807) is 25.5 Å². The first kappa shape index (κ1) is 15.2. The molecule has 2 N–H and O–H groups in total. The molecule has 1 aromatic rings. The second kappa shape index (κ2) is 7.56. The van der Waals surface area contributed by atoms with Gasteiger partial charge in [-0.3, -0.25) is 9.59 Å². The molecule has 102 valence electrons. The van der Waals surface area contributed by atoms with Crippen molar-refractivity contribution in [2.24, 2.45) is 0 Å². The van der Waals surface area contributed by atoms with E-state index in [4.69, 9.17) is 5.11 Å². The van der Waals surface area contributed by atoms with Crippen molar-refractivity contribution in [1.82, 2.24) is 10.2 Å². The SMILES string of the molecule is CN(C)C(=O)CCNC(=O)c1sccc1C#CCO. The predicted octanol–water partition coefficient (Wildman–Crippen LogP) is 0.300. The summed E-state index contributed by atoms with van der Waals surface area (Å²) in [5.41, 5.74) is 0.593. The van der Waals surface area contributed by atoms with Crippen LogP contribution >= 0.6 is 11.3 Å². The van der Waals surface area contributed by atoms with Gasteiger partial charge < -0.3 is 15.3 Å². The van der Waals surface area contributed by atoms with Crippen LogP contribution in [0.2, 0.25) is 0 Å². The smallest absolute Gasteiger partial charge is 0.262 e. The minimum atomic E-state index is -0.246. The molecule has 0 aliphatic heterocycles. The largest absolute Gasteiger partial charge is 0.384 e. The number of aliphatic hydroxyl groups is 1. The van der Waals surface area contributed by atoms with Gasteiger partial charge in [-0.05, 0) is 11.4 Å². The van der Waals surface area contributed by atoms with E-state index >= 15 is 0 Å². The Balaban J connectivity index is 2.55. The Labute approximate surface area is 116 Å². The van der Waals surface area contributed by atoms with Gasteiger partial charge in [-0.25, -0.2) is 0 Å². The van der Waals surface area contributed by atoms with E-state index in [2.05, 4.69) is 17.2 Å². The van der Waals surface area contributed by atoms with Crippen molar-refractivity contribution in [2.45, 2.75) is 6.42 Å². The number of thiophene rings is 1. The van der Waals surface area contributed by atoms with E-state index < -0.39 is 0 Å². The molecule has 0 spiro atoms. The van der Waals surface area contributed by atoms with Crippen LogP contribution in [0.15, 0.2) is 11.4 Å². The van der Waals surface area contributed by atoms with Gasteiger partial charge in [-0.2, -0.15) is 0 Å². The maximum absolute atomic E-state index is 11.9. The molecule has 1 rings (SSSR count). The fourth-order valence-corrected chi connectivity index (χ4v) is 2.07. The number of hydrogen-bond donors (Lipinski definition) is 2. The highest BCUT2D eigenvalue weighted by molar-refractivity contribution is 7.12. The monoisotopic (exact) mass is 280 g/mol. The normalized spacial score (nSPS) is 9.42. The number of carbonyl (C=O) groups is 2. The molecule has 0 unspecified atom stereocenters. The fraction of sp³-hybridized carbons (Fsp3) is 0.385. The van der Waals surface area contributed by atoms with E-state index in [9.17, 15) is 9.59 Å². The number of hydrogen-bond acceptors (Lipinski definition) is 4. The van der Waals surface area contributed by atoms with Crippen LogP contribution in [0.1, 0.15) is 21.7 Å². The van der Waals surface area contributed by atoms with Crippen molar-refractivity contribution in [3.05, 3.63) is 21.9 Å². The molecule has 0 aliphatic rings. The standard InChI is InChI=1S/C13H16N2O3S/c1-15(2)11(17)5-7-14-13(18)12-10(4-3-8-16)6-9-19-12/h6,9,16H,5,7-8H2,1-2H3,(H,14,18). The van der Waals surface area contributed by atoms with Crippen molar-refractivity contribution >= 4 is 23.2 Å². The Hall–Kier alpha value is -1.84. The molecule has 6 heteroatoms. The van der Waals surface area contributed by atoms with Gasteiger partial charge in [0.15, 0.2) is 0 Å². The number of amides is 2. The zero-order chi connectivity index (χ0) is 14.3. The Bertz CT molecular complexity index is 511. The number of aliphatic hydroxyl groups excluding tert-OH is 1. The maximum atomic E-state index is 11.9. The van der Waals surface area contributed by atoms with Crippen LogP contribution in [-0.2, 0) is 4.79 Å². The van der Waals surface area contributed by atoms with Crippen LogP contribution in [0.4, 0.5) is 0 Å². The molecule has 0 radical (unpaired) electrons. The third kappa shape index (κ3) is 4.73. The molecule has 0 aliphatic carbocycles. The maximum Gasteiger partial charge on any atom is 0.262 e. The summed E-state index contributed by atoms with van der Waals surface area (Å²) >= 11 is 1.28. The van der Waals surface area contributed by atoms with Crippen molar-refractivity contribution in [1.29, 1.82) is 0 Å². The minimum Gasteiger partial charge on any atom is -0.384 e. The number of rotatable bonds is 4. The summed E-state index contributed by atoms with van der Waals surface area (Å²) in [6, 6.07) is 1.73. The summed E-state index contributed by atoms with van der Waals surface area (Å²) in [6.07, 6.45) is 0.266. The van der Waals surface area contributed by atoms with Gasteiger partial charge in [0, 0.05) is 32.6 Å². The molecule has 0 aromatic carbocycles. The first-order valence-corrected chi connectivity index (χ1v) is 6.59. The lowest BCUT2D eigenvalue weighted by molar-refractivity contribution is -0.128. The average Bonchev–Trinajstić information content (AvgIpc) is 2.84. The van der Waals surface area contributed by atoms with Crippen LogP contribution in [0.3, 0.4) is 0 Å². The topological polar surface area (TPSA) is 69.6 Å². The highest BCUT2D eigenvalue weighted by atomic mass is 32.1. The van der Waals surface area contributed by atoms with Crippen LogP contribution in [0.25, 0.3) is 0 Å². The van der Waals surface area contributed by atoms with Gasteiger partial charge in [0.1, 0.15) is 11.5 Å². The van der Waals surface area contributed by atoms with Gasteiger partial charge in [-0.15, -0.1) is 11.3 Å². The van der Waals surface area contributed by atoms with E-state index in [1.807, 2.05) is 0 Å². The average molecular weight is 280 g/mol. The number of nitrogens with zero attached hydrogens (tertiary/aromatic N) is 1. The lowest BCUT2D eigenvalue weighted by atomic mass is 10.2. The van der Waals surface area contributed by atoms with Gasteiger partial charge in [-0.1, -0.05) is 11.8 Å². The van der Waals surface area contributed by atoms with Crippen LogP contribution in [0, 0.1) is 11.8 Å². The summed E-state index contributed by atoms with van der Waals surface area (Å²) in [7, 11) is 3.35. The zero-order valence-electron chi connectivity index (χ0n) is 10.9. The summed E-state index contributed by atoms with van der Waals surface area (Å²) in [5, 5.41) is 13.1. The Kier molecular flexibility index (Phi) is 6.06. The highest BCUT2D eigenvalue weighted by Gasteiger charge is 2.12. The molecular formula is C13H16N2O3S. The predicted molar refractivity (Wildman–Crippen MR) is 73.9 cm³/mol. The summed E-state index contributed by atoms with van der Waals surface area (Å²) in [6.45, 7) is 0.0505. The van der Waals surface area contributed by atoms with Gasteiger partial charge in [0.05, 0.1) is 0 Å². The van der Waals surface area contributed by atoms with E-state index in [-0.39, 0.29) is 24.8 Å². The zero-order valence-corrected chi connectivity index (χ0v) is 11.7. The Morgan fingerprint density at radius 3 is 2.84 bits per heavy atom.